The minimum atomic E-state index is -0.306. The quantitative estimate of drug-likeness (QED) is 0.566. The molecule has 1 aromatic heterocycles. The molecule has 1 atom stereocenters. The summed E-state index contributed by atoms with van der Waals surface area (Å²) < 4.78 is 12.3. The van der Waals surface area contributed by atoms with E-state index in [0.29, 0.717) is 12.2 Å². The largest absolute Gasteiger partial charge is 0.465 e. The van der Waals surface area contributed by atoms with Crippen molar-refractivity contribution < 1.29 is 14.3 Å². The van der Waals surface area contributed by atoms with Crippen LogP contribution in [0, 0.1) is 13.8 Å². The number of rotatable bonds is 2. The Morgan fingerprint density at radius 3 is 2.44 bits per heavy atom. The van der Waals surface area contributed by atoms with Crippen LogP contribution in [0.2, 0.25) is 0 Å². The van der Waals surface area contributed by atoms with Crippen molar-refractivity contribution in [2.75, 3.05) is 13.7 Å². The van der Waals surface area contributed by atoms with E-state index in [1.807, 2.05) is 32.4 Å². The summed E-state index contributed by atoms with van der Waals surface area (Å²) in [5.74, 6) is -0.284. The van der Waals surface area contributed by atoms with Gasteiger partial charge in [0.2, 0.25) is 0 Å². The lowest BCUT2D eigenvalue weighted by Gasteiger charge is -2.08. The van der Waals surface area contributed by atoms with Crippen molar-refractivity contribution in [1.82, 2.24) is 4.57 Å². The third-order valence-corrected chi connectivity index (χ3v) is 3.48. The predicted molar refractivity (Wildman–Crippen MR) is 59.5 cm³/mol. The molecule has 0 amide bonds. The molecular formula is C12H17NO3. The van der Waals surface area contributed by atoms with Crippen LogP contribution in [0.3, 0.4) is 0 Å². The van der Waals surface area contributed by atoms with Gasteiger partial charge in [-0.05, 0) is 20.8 Å². The Hall–Kier alpha value is -1.29. The highest BCUT2D eigenvalue weighted by atomic mass is 16.6. The maximum absolute atomic E-state index is 11.8. The van der Waals surface area contributed by atoms with Crippen LogP contribution in [0.15, 0.2) is 0 Å². The molecular weight excluding hydrogens is 206 g/mol. The van der Waals surface area contributed by atoms with Gasteiger partial charge in [-0.15, -0.1) is 0 Å². The number of nitrogens with zero attached hydrogens (tertiary/aromatic N) is 1. The number of epoxide rings is 1. The fourth-order valence-corrected chi connectivity index (χ4v) is 2.20. The number of carbonyl (C=O) groups excluding carboxylic acids is 1. The lowest BCUT2D eigenvalue weighted by Crippen LogP contribution is -2.12. The standard InChI is InChI=1S/C12H17NO3/c1-7-9(11(14)15-5)10(8(2)13(7)4)12(3)6-16-12/h6H2,1-5H3. The molecule has 16 heavy (non-hydrogen) atoms. The van der Waals surface area contributed by atoms with Crippen LogP contribution in [0.1, 0.15) is 34.2 Å². The van der Waals surface area contributed by atoms with Gasteiger partial charge in [-0.3, -0.25) is 0 Å². The minimum Gasteiger partial charge on any atom is -0.465 e. The summed E-state index contributed by atoms with van der Waals surface area (Å²) in [6.07, 6.45) is 0. The van der Waals surface area contributed by atoms with E-state index < -0.39 is 0 Å². The molecule has 1 aliphatic heterocycles. The smallest absolute Gasteiger partial charge is 0.340 e. The topological polar surface area (TPSA) is 43.8 Å². The molecule has 2 heterocycles. The Labute approximate surface area is 95.2 Å². The van der Waals surface area contributed by atoms with Crippen molar-refractivity contribution in [2.45, 2.75) is 26.4 Å². The highest BCUT2D eigenvalue weighted by Crippen LogP contribution is 2.43. The molecule has 4 heteroatoms. The van der Waals surface area contributed by atoms with Gasteiger partial charge < -0.3 is 14.0 Å². The molecule has 4 nitrogen and oxygen atoms in total. The van der Waals surface area contributed by atoms with Crippen LogP contribution in [-0.2, 0) is 22.1 Å². The summed E-state index contributed by atoms with van der Waals surface area (Å²) in [5, 5.41) is 0. The Kier molecular flexibility index (Phi) is 2.35. The Morgan fingerprint density at radius 1 is 1.44 bits per heavy atom. The molecule has 2 rings (SSSR count). The summed E-state index contributed by atoms with van der Waals surface area (Å²) in [6, 6.07) is 0. The second-order valence-electron chi connectivity index (χ2n) is 4.49. The van der Waals surface area contributed by atoms with Gasteiger partial charge in [0.05, 0.1) is 19.3 Å². The Balaban J connectivity index is 2.66. The Morgan fingerprint density at radius 2 is 2.00 bits per heavy atom. The first kappa shape index (κ1) is 11.2. The normalized spacial score (nSPS) is 23.3. The average Bonchev–Trinajstić information content (AvgIpc) is 2.95. The van der Waals surface area contributed by atoms with E-state index in [2.05, 4.69) is 0 Å². The summed E-state index contributed by atoms with van der Waals surface area (Å²) in [6.45, 7) is 6.60. The molecule has 1 fully saturated rings. The van der Waals surface area contributed by atoms with Gasteiger partial charge in [0.1, 0.15) is 5.60 Å². The number of hydrogen-bond donors (Lipinski definition) is 0. The monoisotopic (exact) mass is 223 g/mol. The van der Waals surface area contributed by atoms with Crippen LogP contribution in [0.5, 0.6) is 0 Å². The first-order valence-electron chi connectivity index (χ1n) is 5.31. The summed E-state index contributed by atoms with van der Waals surface area (Å²) >= 11 is 0. The van der Waals surface area contributed by atoms with Gasteiger partial charge in [-0.1, -0.05) is 0 Å². The first-order valence-corrected chi connectivity index (χ1v) is 5.31. The van der Waals surface area contributed by atoms with Crippen LogP contribution in [-0.4, -0.2) is 24.3 Å². The zero-order chi connectivity index (χ0) is 12.1. The lowest BCUT2D eigenvalue weighted by molar-refractivity contribution is 0.0596. The second-order valence-corrected chi connectivity index (χ2v) is 4.49. The number of ether oxygens (including phenoxy) is 2. The van der Waals surface area contributed by atoms with E-state index in [4.69, 9.17) is 9.47 Å². The molecule has 88 valence electrons. The lowest BCUT2D eigenvalue weighted by atomic mass is 9.97. The fraction of sp³-hybridized carbons (Fsp3) is 0.583. The van der Waals surface area contributed by atoms with Gasteiger partial charge in [-0.25, -0.2) is 4.79 Å². The number of aromatic nitrogens is 1. The van der Waals surface area contributed by atoms with Crippen molar-refractivity contribution >= 4 is 5.97 Å². The van der Waals surface area contributed by atoms with Gasteiger partial charge >= 0.3 is 5.97 Å². The van der Waals surface area contributed by atoms with Crippen molar-refractivity contribution in [3.8, 4) is 0 Å². The molecule has 0 bridgehead atoms. The molecule has 0 aromatic carbocycles. The van der Waals surface area contributed by atoms with Crippen molar-refractivity contribution in [3.05, 3.63) is 22.5 Å². The van der Waals surface area contributed by atoms with Gasteiger partial charge in [0.25, 0.3) is 0 Å². The summed E-state index contributed by atoms with van der Waals surface area (Å²) in [4.78, 5) is 11.8. The van der Waals surface area contributed by atoms with Crippen molar-refractivity contribution in [1.29, 1.82) is 0 Å². The molecule has 0 radical (unpaired) electrons. The van der Waals surface area contributed by atoms with E-state index >= 15 is 0 Å². The Bertz CT molecular complexity index is 455. The third-order valence-electron chi connectivity index (χ3n) is 3.48. The maximum Gasteiger partial charge on any atom is 0.340 e. The summed E-state index contributed by atoms with van der Waals surface area (Å²) in [5.41, 5.74) is 3.32. The zero-order valence-corrected chi connectivity index (χ0v) is 10.4. The van der Waals surface area contributed by atoms with E-state index in [1.165, 1.54) is 7.11 Å². The van der Waals surface area contributed by atoms with Crippen LogP contribution >= 0.6 is 0 Å². The number of hydrogen-bond acceptors (Lipinski definition) is 3. The van der Waals surface area contributed by atoms with E-state index in [-0.39, 0.29) is 11.6 Å². The van der Waals surface area contributed by atoms with Crippen LogP contribution < -0.4 is 0 Å². The van der Waals surface area contributed by atoms with E-state index in [0.717, 1.165) is 17.0 Å². The molecule has 0 aliphatic carbocycles. The van der Waals surface area contributed by atoms with Gasteiger partial charge in [-0.2, -0.15) is 0 Å². The second kappa shape index (κ2) is 3.35. The van der Waals surface area contributed by atoms with Gasteiger partial charge in [0, 0.05) is 24.0 Å². The molecule has 1 aromatic rings. The number of esters is 1. The molecule has 1 unspecified atom stereocenters. The zero-order valence-electron chi connectivity index (χ0n) is 10.4. The average molecular weight is 223 g/mol. The summed E-state index contributed by atoms with van der Waals surface area (Å²) in [7, 11) is 3.36. The fourth-order valence-electron chi connectivity index (χ4n) is 2.20. The first-order chi connectivity index (χ1) is 7.42. The maximum atomic E-state index is 11.8. The third kappa shape index (κ3) is 1.37. The molecule has 0 saturated carbocycles. The number of methoxy groups -OCH3 is 1. The molecule has 1 aliphatic rings. The van der Waals surface area contributed by atoms with Crippen molar-refractivity contribution in [2.24, 2.45) is 7.05 Å². The van der Waals surface area contributed by atoms with E-state index in [9.17, 15) is 4.79 Å². The van der Waals surface area contributed by atoms with Crippen molar-refractivity contribution in [3.63, 3.8) is 0 Å². The van der Waals surface area contributed by atoms with Crippen LogP contribution in [0.4, 0.5) is 0 Å². The molecule has 0 N–H and O–H groups in total. The molecule has 1 saturated heterocycles. The minimum absolute atomic E-state index is 0.284. The SMILES string of the molecule is COC(=O)c1c(C2(C)CO2)c(C)n(C)c1C. The number of carbonyl (C=O) groups is 1. The predicted octanol–water partition coefficient (Wildman–Crippen LogP) is 1.67. The van der Waals surface area contributed by atoms with Crippen LogP contribution in [0.25, 0.3) is 0 Å². The van der Waals surface area contributed by atoms with E-state index in [1.54, 1.807) is 0 Å². The molecule has 0 spiro atoms. The highest BCUT2D eigenvalue weighted by Gasteiger charge is 2.47. The highest BCUT2D eigenvalue weighted by molar-refractivity contribution is 5.93. The van der Waals surface area contributed by atoms with Gasteiger partial charge in [0.15, 0.2) is 0 Å².